The maximum atomic E-state index is 13.7. The molecule has 0 aliphatic carbocycles. The van der Waals surface area contributed by atoms with E-state index in [4.69, 9.17) is 0 Å². The van der Waals surface area contributed by atoms with Crippen LogP contribution in [0.2, 0.25) is 0 Å². The van der Waals surface area contributed by atoms with Crippen LogP contribution in [0.5, 0.6) is 0 Å². The molecule has 2 heterocycles. The zero-order valence-electron chi connectivity index (χ0n) is 16.7. The van der Waals surface area contributed by atoms with E-state index in [0.717, 1.165) is 43.9 Å². The van der Waals surface area contributed by atoms with E-state index in [9.17, 15) is 22.4 Å². The van der Waals surface area contributed by atoms with E-state index in [2.05, 4.69) is 26.6 Å². The minimum absolute atomic E-state index is 0.0390. The van der Waals surface area contributed by atoms with E-state index in [1.807, 2.05) is 13.8 Å². The Bertz CT molecular complexity index is 908. The van der Waals surface area contributed by atoms with Gasteiger partial charge in [0, 0.05) is 25.7 Å². The second kappa shape index (κ2) is 8.95. The smallest absolute Gasteiger partial charge is 0.348 e. The molecule has 1 aliphatic heterocycles. The van der Waals surface area contributed by atoms with E-state index in [-0.39, 0.29) is 11.7 Å². The van der Waals surface area contributed by atoms with Gasteiger partial charge in [0.25, 0.3) is 5.91 Å². The number of nitrogens with one attached hydrogen (secondary N) is 1. The average molecular weight is 425 g/mol. The quantitative estimate of drug-likeness (QED) is 0.588. The molecule has 0 atom stereocenters. The molecule has 0 radical (unpaired) electrons. The third-order valence-electron chi connectivity index (χ3n) is 4.91. The summed E-state index contributed by atoms with van der Waals surface area (Å²) in [4.78, 5) is 14.8. The highest BCUT2D eigenvalue weighted by Crippen LogP contribution is 2.33. The number of amides is 1. The van der Waals surface area contributed by atoms with Crippen LogP contribution in [0.4, 0.5) is 17.6 Å². The number of nitrogens with zero attached hydrogens (tertiary/aromatic N) is 4. The number of hydrogen-bond acceptors (Lipinski definition) is 4. The number of piperidine rings is 1. The van der Waals surface area contributed by atoms with Crippen LogP contribution in [-0.4, -0.2) is 51.5 Å². The Morgan fingerprint density at radius 2 is 1.83 bits per heavy atom. The van der Waals surface area contributed by atoms with Gasteiger partial charge in [-0.1, -0.05) is 16.9 Å². The maximum absolute atomic E-state index is 13.7. The summed E-state index contributed by atoms with van der Waals surface area (Å²) >= 11 is 0. The lowest BCUT2D eigenvalue weighted by Gasteiger charge is -2.31. The summed E-state index contributed by atoms with van der Waals surface area (Å²) in [5.74, 6) is -1.51. The van der Waals surface area contributed by atoms with Gasteiger partial charge in [0.1, 0.15) is 5.82 Å². The van der Waals surface area contributed by atoms with Crippen LogP contribution in [0.25, 0.3) is 5.69 Å². The Labute approximate surface area is 171 Å². The van der Waals surface area contributed by atoms with Crippen molar-refractivity contribution in [2.24, 2.45) is 0 Å². The second-order valence-electron chi connectivity index (χ2n) is 7.50. The molecule has 10 heteroatoms. The Balaban J connectivity index is 1.74. The van der Waals surface area contributed by atoms with Crippen LogP contribution < -0.4 is 5.32 Å². The Hall–Kier alpha value is -2.75. The molecular weight excluding hydrogens is 402 g/mol. The molecule has 0 bridgehead atoms. The molecule has 1 aromatic heterocycles. The van der Waals surface area contributed by atoms with E-state index < -0.39 is 29.3 Å². The van der Waals surface area contributed by atoms with Gasteiger partial charge in [-0.15, -0.1) is 5.10 Å². The molecule has 30 heavy (non-hydrogen) atoms. The van der Waals surface area contributed by atoms with E-state index >= 15 is 0 Å². The summed E-state index contributed by atoms with van der Waals surface area (Å²) in [6, 6.07) is 4.07. The third-order valence-corrected chi connectivity index (χ3v) is 4.91. The minimum atomic E-state index is -4.86. The van der Waals surface area contributed by atoms with Crippen LogP contribution in [0, 0.1) is 5.82 Å². The molecule has 1 amide bonds. The van der Waals surface area contributed by atoms with Crippen molar-refractivity contribution in [2.45, 2.75) is 38.9 Å². The molecule has 1 aliphatic rings. The zero-order valence-corrected chi connectivity index (χ0v) is 16.7. The summed E-state index contributed by atoms with van der Waals surface area (Å²) in [7, 11) is 0. The van der Waals surface area contributed by atoms with Gasteiger partial charge < -0.3 is 5.32 Å². The summed E-state index contributed by atoms with van der Waals surface area (Å²) in [5, 5.41) is 9.63. The minimum Gasteiger partial charge on any atom is -0.348 e. The molecule has 162 valence electrons. The monoisotopic (exact) mass is 425 g/mol. The number of benzene rings is 1. The van der Waals surface area contributed by atoms with E-state index in [1.165, 1.54) is 5.57 Å². The molecule has 0 unspecified atom stereocenters. The van der Waals surface area contributed by atoms with Gasteiger partial charge in [0.2, 0.25) is 0 Å². The lowest BCUT2D eigenvalue weighted by atomic mass is 10.0. The number of carbonyl (C=O) groups is 1. The van der Waals surface area contributed by atoms with Crippen LogP contribution in [0.15, 0.2) is 35.9 Å². The third kappa shape index (κ3) is 5.24. The predicted molar refractivity (Wildman–Crippen MR) is 103 cm³/mol. The number of aromatic nitrogens is 3. The van der Waals surface area contributed by atoms with Gasteiger partial charge in [-0.25, -0.2) is 9.07 Å². The van der Waals surface area contributed by atoms with Crippen molar-refractivity contribution in [2.75, 3.05) is 19.6 Å². The number of allylic oxidation sites excluding steroid dienone is 1. The molecule has 1 aromatic carbocycles. The standard InChI is InChI=1S/C20H23F4N5O/c1-13(2)7-10-28-11-8-15(9-12-28)25-19(30)17-18(20(22,23)24)29(27-26-17)16-5-3-14(21)4-6-16/h3-7,15H,8-12H2,1-2H3,(H,25,30). The normalized spacial score (nSPS) is 15.8. The SMILES string of the molecule is CC(C)=CCN1CCC(NC(=O)c2nnn(-c3ccc(F)cc3)c2C(F)(F)F)CC1. The molecule has 1 N–H and O–H groups in total. The second-order valence-corrected chi connectivity index (χ2v) is 7.50. The average Bonchev–Trinajstić information content (AvgIpc) is 3.14. The molecule has 0 spiro atoms. The van der Waals surface area contributed by atoms with Crippen molar-refractivity contribution in [3.8, 4) is 5.69 Å². The fraction of sp³-hybridized carbons (Fsp3) is 0.450. The Morgan fingerprint density at radius 1 is 1.20 bits per heavy atom. The van der Waals surface area contributed by atoms with Gasteiger partial charge in [-0.2, -0.15) is 13.2 Å². The first-order valence-electron chi connectivity index (χ1n) is 9.60. The number of hydrogen-bond donors (Lipinski definition) is 1. The van der Waals surface area contributed by atoms with E-state index in [0.29, 0.717) is 17.5 Å². The summed E-state index contributed by atoms with van der Waals surface area (Å²) in [5.41, 5.74) is -0.899. The van der Waals surface area contributed by atoms with Gasteiger partial charge in [0.05, 0.1) is 5.69 Å². The fourth-order valence-electron chi connectivity index (χ4n) is 3.28. The van der Waals surface area contributed by atoms with Crippen LogP contribution in [0.1, 0.15) is 42.9 Å². The van der Waals surface area contributed by atoms with Gasteiger partial charge in [-0.05, 0) is 51.0 Å². The number of likely N-dealkylation sites (tertiary alicyclic amines) is 1. The van der Waals surface area contributed by atoms with Gasteiger partial charge in [-0.3, -0.25) is 9.69 Å². The van der Waals surface area contributed by atoms with Crippen molar-refractivity contribution in [1.82, 2.24) is 25.2 Å². The molecule has 1 fully saturated rings. The number of rotatable bonds is 5. The van der Waals surface area contributed by atoms with Crippen LogP contribution in [0.3, 0.4) is 0 Å². The molecule has 2 aromatic rings. The van der Waals surface area contributed by atoms with Crippen molar-refractivity contribution in [3.05, 3.63) is 53.1 Å². The molecule has 1 saturated heterocycles. The van der Waals surface area contributed by atoms with Crippen molar-refractivity contribution >= 4 is 5.91 Å². The zero-order chi connectivity index (χ0) is 21.9. The van der Waals surface area contributed by atoms with Crippen LogP contribution >= 0.6 is 0 Å². The number of alkyl halides is 3. The first kappa shape index (κ1) is 21.9. The highest BCUT2D eigenvalue weighted by atomic mass is 19.4. The predicted octanol–water partition coefficient (Wildman–Crippen LogP) is 3.59. The van der Waals surface area contributed by atoms with Gasteiger partial charge >= 0.3 is 6.18 Å². The van der Waals surface area contributed by atoms with Crippen molar-refractivity contribution < 1.29 is 22.4 Å². The molecule has 0 saturated carbocycles. The largest absolute Gasteiger partial charge is 0.435 e. The summed E-state index contributed by atoms with van der Waals surface area (Å²) < 4.78 is 54.7. The molecule has 3 rings (SSSR count). The first-order valence-corrected chi connectivity index (χ1v) is 9.60. The Morgan fingerprint density at radius 3 is 2.40 bits per heavy atom. The van der Waals surface area contributed by atoms with Crippen molar-refractivity contribution in [3.63, 3.8) is 0 Å². The van der Waals surface area contributed by atoms with Crippen molar-refractivity contribution in [1.29, 1.82) is 0 Å². The maximum Gasteiger partial charge on any atom is 0.435 e. The summed E-state index contributed by atoms with van der Waals surface area (Å²) in [6.07, 6.45) is -1.48. The Kier molecular flexibility index (Phi) is 6.55. The topological polar surface area (TPSA) is 63.1 Å². The summed E-state index contributed by atoms with van der Waals surface area (Å²) in [6.45, 7) is 6.33. The lowest BCUT2D eigenvalue weighted by Crippen LogP contribution is -2.45. The van der Waals surface area contributed by atoms with E-state index in [1.54, 1.807) is 0 Å². The van der Waals surface area contributed by atoms with Crippen LogP contribution in [-0.2, 0) is 6.18 Å². The number of carbonyl (C=O) groups excluding carboxylic acids is 1. The highest BCUT2D eigenvalue weighted by Gasteiger charge is 2.42. The molecule has 6 nitrogen and oxygen atoms in total. The lowest BCUT2D eigenvalue weighted by molar-refractivity contribution is -0.143. The van der Waals surface area contributed by atoms with Gasteiger partial charge in [0.15, 0.2) is 11.4 Å². The molecular formula is C20H23F4N5O. The first-order chi connectivity index (χ1) is 14.1. The number of halogens is 4. The fourth-order valence-corrected chi connectivity index (χ4v) is 3.28. The highest BCUT2D eigenvalue weighted by molar-refractivity contribution is 5.93.